The van der Waals surface area contributed by atoms with E-state index in [0.29, 0.717) is 18.1 Å². The molecule has 0 aromatic carbocycles. The molecule has 5 nitrogen and oxygen atoms in total. The number of hydrogen-bond acceptors (Lipinski definition) is 5. The number of carbonyl (C=O) groups excluding carboxylic acids is 1. The Hall–Kier alpha value is -0.750. The fraction of sp³-hybridized carbons (Fsp3) is 0.800. The number of aliphatic hydroxyl groups excluding tert-OH is 1. The lowest BCUT2D eigenvalue weighted by Crippen LogP contribution is -2.48. The minimum atomic E-state index is -0.430. The minimum Gasteiger partial charge on any atom is -0.390 e. The van der Waals surface area contributed by atoms with Gasteiger partial charge >= 0.3 is 0 Å². The first kappa shape index (κ1) is 11.7. The van der Waals surface area contributed by atoms with Crippen molar-refractivity contribution in [1.29, 1.82) is 0 Å². The smallest absolute Gasteiger partial charge is 0.286 e. The average Bonchev–Trinajstić information content (AvgIpc) is 2.57. The zero-order valence-electron chi connectivity index (χ0n) is 9.11. The summed E-state index contributed by atoms with van der Waals surface area (Å²) in [5.41, 5.74) is 0. The quantitative estimate of drug-likeness (QED) is 0.603. The lowest BCUT2D eigenvalue weighted by molar-refractivity contribution is -0.116. The van der Waals surface area contributed by atoms with Crippen molar-refractivity contribution >= 4 is 23.5 Å². The number of rotatable bonds is 2. The van der Waals surface area contributed by atoms with Crippen molar-refractivity contribution in [2.45, 2.75) is 25.0 Å². The Morgan fingerprint density at radius 2 is 2.38 bits per heavy atom. The first-order chi connectivity index (χ1) is 7.77. The largest absolute Gasteiger partial charge is 0.390 e. The SMILES string of the molecule is O=C(NC1CSCC1O)C1=NCCCCN1. The molecule has 0 aliphatic carbocycles. The Morgan fingerprint density at radius 3 is 3.12 bits per heavy atom. The second kappa shape index (κ2) is 5.54. The number of nitrogens with zero attached hydrogens (tertiary/aromatic N) is 1. The lowest BCUT2D eigenvalue weighted by atomic mass is 10.2. The monoisotopic (exact) mass is 243 g/mol. The number of amides is 1. The summed E-state index contributed by atoms with van der Waals surface area (Å²) in [5, 5.41) is 15.4. The number of carbonyl (C=O) groups is 1. The molecule has 0 saturated carbocycles. The first-order valence-corrected chi connectivity index (χ1v) is 6.78. The van der Waals surface area contributed by atoms with Crippen molar-refractivity contribution in [1.82, 2.24) is 10.6 Å². The second-order valence-corrected chi connectivity index (χ2v) is 5.12. The van der Waals surface area contributed by atoms with Crippen LogP contribution in [0.15, 0.2) is 4.99 Å². The highest BCUT2D eigenvalue weighted by Crippen LogP contribution is 2.17. The normalized spacial score (nSPS) is 30.2. The zero-order valence-corrected chi connectivity index (χ0v) is 9.92. The second-order valence-electron chi connectivity index (χ2n) is 4.05. The standard InChI is InChI=1S/C10H17N3O2S/c14-8-6-16-5-7(8)13-10(15)9-11-3-1-2-4-12-9/h7-8,14H,1-6H2,(H,11,12)(H,13,15). The van der Waals surface area contributed by atoms with E-state index < -0.39 is 6.10 Å². The molecule has 1 amide bonds. The Bertz CT molecular complexity index is 296. The van der Waals surface area contributed by atoms with E-state index >= 15 is 0 Å². The van der Waals surface area contributed by atoms with Crippen LogP contribution in [0.1, 0.15) is 12.8 Å². The number of aliphatic hydroxyl groups is 1. The molecule has 0 aromatic heterocycles. The minimum absolute atomic E-state index is 0.134. The van der Waals surface area contributed by atoms with Crippen molar-refractivity contribution in [3.05, 3.63) is 0 Å². The molecule has 2 heterocycles. The van der Waals surface area contributed by atoms with Gasteiger partial charge in [0.25, 0.3) is 5.91 Å². The van der Waals surface area contributed by atoms with Crippen LogP contribution >= 0.6 is 11.8 Å². The summed E-state index contributed by atoms with van der Waals surface area (Å²) in [6.45, 7) is 1.51. The number of hydrogen-bond donors (Lipinski definition) is 3. The molecular formula is C10H17N3O2S. The summed E-state index contributed by atoms with van der Waals surface area (Å²) in [5.74, 6) is 1.71. The summed E-state index contributed by atoms with van der Waals surface area (Å²) < 4.78 is 0. The van der Waals surface area contributed by atoms with E-state index in [0.717, 1.165) is 25.1 Å². The summed E-state index contributed by atoms with van der Waals surface area (Å²) in [6, 6.07) is -0.134. The van der Waals surface area contributed by atoms with Crippen molar-refractivity contribution in [2.24, 2.45) is 4.99 Å². The molecule has 2 aliphatic heterocycles. The van der Waals surface area contributed by atoms with Gasteiger partial charge in [-0.25, -0.2) is 0 Å². The third-order valence-corrected chi connectivity index (χ3v) is 3.90. The summed E-state index contributed by atoms with van der Waals surface area (Å²) in [7, 11) is 0. The summed E-state index contributed by atoms with van der Waals surface area (Å²) >= 11 is 1.66. The van der Waals surface area contributed by atoms with Crippen LogP contribution in [0.5, 0.6) is 0 Å². The molecule has 16 heavy (non-hydrogen) atoms. The average molecular weight is 243 g/mol. The molecule has 0 radical (unpaired) electrons. The number of nitrogens with one attached hydrogen (secondary N) is 2. The molecule has 2 aliphatic rings. The van der Waals surface area contributed by atoms with E-state index in [1.54, 1.807) is 11.8 Å². The van der Waals surface area contributed by atoms with E-state index in [-0.39, 0.29) is 11.9 Å². The molecule has 3 N–H and O–H groups in total. The maximum atomic E-state index is 11.8. The topological polar surface area (TPSA) is 73.7 Å². The maximum absolute atomic E-state index is 11.8. The molecular weight excluding hydrogens is 226 g/mol. The fourth-order valence-electron chi connectivity index (χ4n) is 1.76. The molecule has 2 atom stereocenters. The number of thioether (sulfide) groups is 1. The van der Waals surface area contributed by atoms with Gasteiger partial charge < -0.3 is 15.7 Å². The van der Waals surface area contributed by atoms with Gasteiger partial charge in [0, 0.05) is 24.6 Å². The Balaban J connectivity index is 1.89. The predicted octanol–water partition coefficient (Wildman–Crippen LogP) is -0.639. The zero-order chi connectivity index (χ0) is 11.4. The highest BCUT2D eigenvalue weighted by atomic mass is 32.2. The summed E-state index contributed by atoms with van der Waals surface area (Å²) in [4.78, 5) is 16.0. The molecule has 0 spiro atoms. The molecule has 2 rings (SSSR count). The van der Waals surface area contributed by atoms with Gasteiger partial charge in [-0.2, -0.15) is 11.8 Å². The summed E-state index contributed by atoms with van der Waals surface area (Å²) in [6.07, 6.45) is 1.63. The number of aliphatic imine (C=N–C) groups is 1. The molecule has 90 valence electrons. The van der Waals surface area contributed by atoms with Crippen molar-refractivity contribution in [3.63, 3.8) is 0 Å². The van der Waals surface area contributed by atoms with Gasteiger partial charge in [0.1, 0.15) is 0 Å². The van der Waals surface area contributed by atoms with Crippen LogP contribution in [-0.2, 0) is 4.79 Å². The van der Waals surface area contributed by atoms with E-state index in [1.807, 2.05) is 0 Å². The van der Waals surface area contributed by atoms with Crippen LogP contribution in [0.3, 0.4) is 0 Å². The van der Waals surface area contributed by atoms with Crippen molar-refractivity contribution < 1.29 is 9.90 Å². The molecule has 1 fully saturated rings. The van der Waals surface area contributed by atoms with Crippen LogP contribution in [0, 0.1) is 0 Å². The number of amidine groups is 1. The van der Waals surface area contributed by atoms with Gasteiger partial charge in [-0.05, 0) is 12.8 Å². The molecule has 0 aromatic rings. The van der Waals surface area contributed by atoms with Crippen molar-refractivity contribution in [3.8, 4) is 0 Å². The van der Waals surface area contributed by atoms with Crippen LogP contribution in [-0.4, -0.2) is 53.6 Å². The van der Waals surface area contributed by atoms with E-state index in [9.17, 15) is 9.90 Å². The Kier molecular flexibility index (Phi) is 4.06. The van der Waals surface area contributed by atoms with Crippen LogP contribution in [0.25, 0.3) is 0 Å². The van der Waals surface area contributed by atoms with Crippen LogP contribution < -0.4 is 10.6 Å². The third-order valence-electron chi connectivity index (χ3n) is 2.73. The first-order valence-electron chi connectivity index (χ1n) is 5.62. The Morgan fingerprint density at radius 1 is 1.50 bits per heavy atom. The highest BCUT2D eigenvalue weighted by molar-refractivity contribution is 7.99. The highest BCUT2D eigenvalue weighted by Gasteiger charge is 2.28. The Labute approximate surface area is 99.1 Å². The fourth-order valence-corrected chi connectivity index (χ4v) is 2.93. The maximum Gasteiger partial charge on any atom is 0.286 e. The third kappa shape index (κ3) is 2.89. The van der Waals surface area contributed by atoms with Gasteiger partial charge in [0.2, 0.25) is 0 Å². The van der Waals surface area contributed by atoms with E-state index in [4.69, 9.17) is 0 Å². The van der Waals surface area contributed by atoms with Gasteiger partial charge in [-0.1, -0.05) is 0 Å². The van der Waals surface area contributed by atoms with Crippen LogP contribution in [0.2, 0.25) is 0 Å². The van der Waals surface area contributed by atoms with Gasteiger partial charge in [0.05, 0.1) is 12.1 Å². The molecule has 0 bridgehead atoms. The van der Waals surface area contributed by atoms with E-state index in [1.165, 1.54) is 0 Å². The van der Waals surface area contributed by atoms with Gasteiger partial charge in [0.15, 0.2) is 5.84 Å². The predicted molar refractivity (Wildman–Crippen MR) is 64.8 cm³/mol. The van der Waals surface area contributed by atoms with Crippen LogP contribution in [0.4, 0.5) is 0 Å². The van der Waals surface area contributed by atoms with Gasteiger partial charge in [-0.15, -0.1) is 0 Å². The van der Waals surface area contributed by atoms with Gasteiger partial charge in [-0.3, -0.25) is 9.79 Å². The molecule has 2 unspecified atom stereocenters. The molecule has 1 saturated heterocycles. The lowest BCUT2D eigenvalue weighted by Gasteiger charge is -2.16. The molecule has 6 heteroatoms. The van der Waals surface area contributed by atoms with Crippen molar-refractivity contribution in [2.75, 3.05) is 24.6 Å². The van der Waals surface area contributed by atoms with E-state index in [2.05, 4.69) is 15.6 Å².